The van der Waals surface area contributed by atoms with Crippen LogP contribution in [0, 0.1) is 5.92 Å². The summed E-state index contributed by atoms with van der Waals surface area (Å²) in [4.78, 5) is 17.8. The topological polar surface area (TPSA) is 54.5 Å². The maximum absolute atomic E-state index is 13.6. The second-order valence-electron chi connectivity index (χ2n) is 5.95. The van der Waals surface area contributed by atoms with Crippen molar-refractivity contribution in [1.82, 2.24) is 15.2 Å². The van der Waals surface area contributed by atoms with Crippen molar-refractivity contribution < 1.29 is 18.3 Å². The molecule has 2 aliphatic rings. The molecule has 0 bridgehead atoms. The van der Waals surface area contributed by atoms with Gasteiger partial charge in [-0.2, -0.15) is 0 Å². The molecular weight excluding hydrogens is 292 g/mol. The zero-order valence-electron chi connectivity index (χ0n) is 12.3. The molecule has 2 atom stereocenters. The summed E-state index contributed by atoms with van der Waals surface area (Å²) < 4.78 is 31.9. The summed E-state index contributed by atoms with van der Waals surface area (Å²) in [5.41, 5.74) is 0.976. The molecule has 2 heterocycles. The second-order valence-corrected chi connectivity index (χ2v) is 5.95. The number of alkyl halides is 2. The first kappa shape index (κ1) is 15.1. The maximum Gasteiger partial charge on any atom is 0.318 e. The number of hydrogen-bond donors (Lipinski definition) is 1. The molecule has 2 amide bonds. The van der Waals surface area contributed by atoms with E-state index in [2.05, 4.69) is 10.3 Å². The largest absolute Gasteiger partial charge is 0.373 e. The van der Waals surface area contributed by atoms with Gasteiger partial charge in [-0.05, 0) is 36.5 Å². The van der Waals surface area contributed by atoms with Crippen molar-refractivity contribution in [2.24, 2.45) is 5.92 Å². The van der Waals surface area contributed by atoms with Crippen molar-refractivity contribution in [1.29, 1.82) is 0 Å². The van der Waals surface area contributed by atoms with Gasteiger partial charge in [-0.25, -0.2) is 13.6 Å². The van der Waals surface area contributed by atoms with Crippen molar-refractivity contribution in [2.75, 3.05) is 20.3 Å². The van der Waals surface area contributed by atoms with E-state index >= 15 is 0 Å². The Morgan fingerprint density at radius 3 is 2.68 bits per heavy atom. The average molecular weight is 311 g/mol. The molecule has 22 heavy (non-hydrogen) atoms. The number of amides is 2. The molecule has 0 aromatic carbocycles. The summed E-state index contributed by atoms with van der Waals surface area (Å²) in [5, 5.41) is 2.40. The molecule has 1 aromatic heterocycles. The van der Waals surface area contributed by atoms with Crippen LogP contribution in [0.3, 0.4) is 0 Å². The molecule has 5 nitrogen and oxygen atoms in total. The van der Waals surface area contributed by atoms with Gasteiger partial charge in [0.05, 0.1) is 12.6 Å². The van der Waals surface area contributed by atoms with Crippen molar-refractivity contribution in [3.8, 4) is 0 Å². The van der Waals surface area contributed by atoms with E-state index < -0.39 is 24.6 Å². The van der Waals surface area contributed by atoms with Gasteiger partial charge in [0.15, 0.2) is 0 Å². The number of halogens is 2. The maximum atomic E-state index is 13.6. The minimum absolute atomic E-state index is 0.112. The lowest BCUT2D eigenvalue weighted by atomic mass is 10.0. The Morgan fingerprint density at radius 1 is 1.45 bits per heavy atom. The van der Waals surface area contributed by atoms with Gasteiger partial charge in [-0.15, -0.1) is 0 Å². The minimum atomic E-state index is -3.01. The van der Waals surface area contributed by atoms with Crippen LogP contribution in [0.5, 0.6) is 0 Å². The minimum Gasteiger partial charge on any atom is -0.373 e. The van der Waals surface area contributed by atoms with Crippen LogP contribution in [0.15, 0.2) is 24.5 Å². The van der Waals surface area contributed by atoms with Crippen LogP contribution in [0.2, 0.25) is 0 Å². The highest BCUT2D eigenvalue weighted by Crippen LogP contribution is 2.44. The summed E-state index contributed by atoms with van der Waals surface area (Å²) in [6.45, 7) is -0.798. The van der Waals surface area contributed by atoms with Gasteiger partial charge >= 0.3 is 6.03 Å². The highest BCUT2D eigenvalue weighted by molar-refractivity contribution is 5.75. The average Bonchev–Trinajstić information content (AvgIpc) is 3.26. The first-order valence-corrected chi connectivity index (χ1v) is 7.38. The van der Waals surface area contributed by atoms with Gasteiger partial charge in [0.2, 0.25) is 0 Å². The second kappa shape index (κ2) is 5.79. The van der Waals surface area contributed by atoms with E-state index in [9.17, 15) is 13.6 Å². The number of carbonyl (C=O) groups excluding carboxylic acids is 1. The number of aromatic nitrogens is 1. The van der Waals surface area contributed by atoms with Gasteiger partial charge in [-0.1, -0.05) is 0 Å². The smallest absolute Gasteiger partial charge is 0.318 e. The van der Waals surface area contributed by atoms with E-state index in [1.165, 1.54) is 4.90 Å². The number of carbonyl (C=O) groups is 1. The van der Waals surface area contributed by atoms with E-state index in [1.54, 1.807) is 19.4 Å². The molecule has 1 aliphatic heterocycles. The molecule has 0 unspecified atom stereocenters. The van der Waals surface area contributed by atoms with Crippen LogP contribution < -0.4 is 5.32 Å². The van der Waals surface area contributed by atoms with Crippen LogP contribution in [0.25, 0.3) is 0 Å². The fraction of sp³-hybridized carbons (Fsp3) is 0.600. The van der Waals surface area contributed by atoms with Crippen LogP contribution >= 0.6 is 0 Å². The molecule has 2 fully saturated rings. The van der Waals surface area contributed by atoms with E-state index in [-0.39, 0.29) is 12.6 Å². The van der Waals surface area contributed by atoms with Gasteiger partial charge in [-0.3, -0.25) is 4.98 Å². The standard InChI is InChI=1S/C15H19F2N3O2/c1-20(14(21)19-12-8-22-9-15(12,16)17)13(10-2-3-10)11-4-6-18-7-5-11/h4-7,10,12-13H,2-3,8-9H2,1H3,(H,19,21)/t12-,13-/m0/s1. The number of rotatable bonds is 4. The zero-order valence-corrected chi connectivity index (χ0v) is 12.3. The number of nitrogens with zero attached hydrogens (tertiary/aromatic N) is 2. The van der Waals surface area contributed by atoms with Crippen molar-refractivity contribution >= 4 is 6.03 Å². The molecule has 7 heteroatoms. The van der Waals surface area contributed by atoms with Gasteiger partial charge in [0.1, 0.15) is 12.6 Å². The molecule has 120 valence electrons. The summed E-state index contributed by atoms with van der Waals surface area (Å²) in [7, 11) is 1.65. The van der Waals surface area contributed by atoms with Crippen LogP contribution in [-0.4, -0.2) is 48.1 Å². The lowest BCUT2D eigenvalue weighted by Crippen LogP contribution is -2.51. The van der Waals surface area contributed by atoms with Crippen molar-refractivity contribution in [2.45, 2.75) is 30.8 Å². The third-order valence-electron chi connectivity index (χ3n) is 4.24. The molecule has 0 radical (unpaired) electrons. The summed E-state index contributed by atoms with van der Waals surface area (Å²) in [6.07, 6.45) is 5.42. The zero-order chi connectivity index (χ0) is 15.7. The highest BCUT2D eigenvalue weighted by Gasteiger charge is 2.47. The molecule has 1 saturated heterocycles. The molecule has 1 aromatic rings. The molecule has 1 aliphatic carbocycles. The third-order valence-corrected chi connectivity index (χ3v) is 4.24. The predicted molar refractivity (Wildman–Crippen MR) is 75.6 cm³/mol. The summed E-state index contributed by atoms with van der Waals surface area (Å²) in [6, 6.07) is 1.85. The molecule has 0 spiro atoms. The van der Waals surface area contributed by atoms with Gasteiger partial charge in [0, 0.05) is 19.4 Å². The van der Waals surface area contributed by atoms with Crippen molar-refractivity contribution in [3.63, 3.8) is 0 Å². The first-order valence-electron chi connectivity index (χ1n) is 7.38. The van der Waals surface area contributed by atoms with Crippen LogP contribution in [0.1, 0.15) is 24.4 Å². The lowest BCUT2D eigenvalue weighted by molar-refractivity contribution is -0.0224. The van der Waals surface area contributed by atoms with Gasteiger partial charge < -0.3 is 15.0 Å². The SMILES string of the molecule is CN(C(=O)N[C@H]1COCC1(F)F)[C@H](c1ccncc1)C1CC1. The van der Waals surface area contributed by atoms with E-state index in [1.807, 2.05) is 12.1 Å². The van der Waals surface area contributed by atoms with Crippen LogP contribution in [-0.2, 0) is 4.74 Å². The van der Waals surface area contributed by atoms with E-state index in [0.717, 1.165) is 18.4 Å². The number of hydrogen-bond acceptors (Lipinski definition) is 3. The monoisotopic (exact) mass is 311 g/mol. The number of ether oxygens (including phenoxy) is 1. The lowest BCUT2D eigenvalue weighted by Gasteiger charge is -2.30. The molecule has 1 saturated carbocycles. The molecule has 3 rings (SSSR count). The molecular formula is C15H19F2N3O2. The van der Waals surface area contributed by atoms with E-state index in [4.69, 9.17) is 4.74 Å². The third kappa shape index (κ3) is 3.04. The van der Waals surface area contributed by atoms with Gasteiger partial charge in [0.25, 0.3) is 5.92 Å². The number of urea groups is 1. The Hall–Kier alpha value is -1.76. The fourth-order valence-electron chi connectivity index (χ4n) is 2.84. The Balaban J connectivity index is 1.71. The Labute approximate surface area is 127 Å². The quantitative estimate of drug-likeness (QED) is 0.927. The Bertz CT molecular complexity index is 537. The summed E-state index contributed by atoms with van der Waals surface area (Å²) >= 11 is 0. The Kier molecular flexibility index (Phi) is 3.99. The highest BCUT2D eigenvalue weighted by atomic mass is 19.3. The number of pyridine rings is 1. The predicted octanol–water partition coefficient (Wildman–Crippen LogP) is 2.21. The van der Waals surface area contributed by atoms with Crippen molar-refractivity contribution in [3.05, 3.63) is 30.1 Å². The number of nitrogens with one attached hydrogen (secondary N) is 1. The first-order chi connectivity index (χ1) is 10.5. The molecule has 1 N–H and O–H groups in total. The normalized spacial score (nSPS) is 24.8. The Morgan fingerprint density at radius 2 is 2.14 bits per heavy atom. The van der Waals surface area contributed by atoms with Crippen LogP contribution in [0.4, 0.5) is 13.6 Å². The summed E-state index contributed by atoms with van der Waals surface area (Å²) in [5.74, 6) is -2.64. The fourth-order valence-corrected chi connectivity index (χ4v) is 2.84. The van der Waals surface area contributed by atoms with E-state index in [0.29, 0.717) is 5.92 Å².